The Morgan fingerprint density at radius 2 is 1.38 bits per heavy atom. The highest BCUT2D eigenvalue weighted by Gasteiger charge is 2.12. The van der Waals surface area contributed by atoms with E-state index in [9.17, 15) is 4.79 Å². The lowest BCUT2D eigenvalue weighted by atomic mass is 9.95. The van der Waals surface area contributed by atoms with Crippen LogP contribution in [0.1, 0.15) is 116 Å². The number of benzene rings is 3. The van der Waals surface area contributed by atoms with Crippen LogP contribution in [0.4, 0.5) is 17.1 Å². The van der Waals surface area contributed by atoms with E-state index in [2.05, 4.69) is 64.2 Å². The topological polar surface area (TPSA) is 63.1 Å². The van der Waals surface area contributed by atoms with Crippen LogP contribution >= 0.6 is 0 Å². The van der Waals surface area contributed by atoms with E-state index in [1.54, 1.807) is 0 Å². The molecule has 0 aliphatic heterocycles. The molecule has 0 heterocycles. The molecule has 1 amide bonds. The van der Waals surface area contributed by atoms with Crippen molar-refractivity contribution in [3.05, 3.63) is 71.3 Å². The van der Waals surface area contributed by atoms with Crippen LogP contribution in [0.2, 0.25) is 0 Å². The Hall–Kier alpha value is -3.47. The van der Waals surface area contributed by atoms with Gasteiger partial charge in [-0.2, -0.15) is 5.11 Å². The quantitative estimate of drug-likeness (QED) is 0.130. The molecule has 42 heavy (non-hydrogen) atoms. The van der Waals surface area contributed by atoms with E-state index < -0.39 is 0 Å². The number of aryl methyl sites for hydroxylation is 2. The van der Waals surface area contributed by atoms with Crippen LogP contribution in [0, 0.1) is 0 Å². The maximum Gasteiger partial charge on any atom is 0.221 e. The summed E-state index contributed by atoms with van der Waals surface area (Å²) in [5.41, 5.74) is 8.39. The Balaban J connectivity index is 1.71. The highest BCUT2D eigenvalue weighted by Crippen LogP contribution is 2.35. The van der Waals surface area contributed by atoms with Crippen molar-refractivity contribution in [2.45, 2.75) is 112 Å². The number of hydrogen-bond acceptors (Lipinski definition) is 4. The lowest BCUT2D eigenvalue weighted by Crippen LogP contribution is -2.05. The third-order valence-electron chi connectivity index (χ3n) is 7.70. The van der Waals surface area contributed by atoms with Gasteiger partial charge in [-0.1, -0.05) is 91.7 Å². The summed E-state index contributed by atoms with van der Waals surface area (Å²) in [5, 5.41) is 12.3. The van der Waals surface area contributed by atoms with Gasteiger partial charge in [-0.05, 0) is 95.5 Å². The second-order valence-corrected chi connectivity index (χ2v) is 11.5. The van der Waals surface area contributed by atoms with Crippen LogP contribution in [-0.4, -0.2) is 12.5 Å². The van der Waals surface area contributed by atoms with Gasteiger partial charge < -0.3 is 10.1 Å². The molecular weight excluding hydrogens is 518 g/mol. The number of nitrogens with zero attached hydrogens (tertiary/aromatic N) is 2. The first-order valence-electron chi connectivity index (χ1n) is 16.1. The average molecular weight is 570 g/mol. The molecule has 0 radical (unpaired) electrons. The molecule has 0 fully saturated rings. The molecule has 0 unspecified atom stereocenters. The van der Waals surface area contributed by atoms with Gasteiger partial charge in [0.15, 0.2) is 0 Å². The van der Waals surface area contributed by atoms with Crippen molar-refractivity contribution in [3.63, 3.8) is 0 Å². The van der Waals surface area contributed by atoms with Crippen LogP contribution in [0.3, 0.4) is 0 Å². The molecule has 5 heteroatoms. The third-order valence-corrected chi connectivity index (χ3v) is 7.70. The number of amides is 1. The smallest absolute Gasteiger partial charge is 0.221 e. The number of carbonyl (C=O) groups is 1. The summed E-state index contributed by atoms with van der Waals surface area (Å²) >= 11 is 0. The largest absolute Gasteiger partial charge is 0.493 e. The molecule has 0 saturated heterocycles. The van der Waals surface area contributed by atoms with Gasteiger partial charge >= 0.3 is 0 Å². The van der Waals surface area contributed by atoms with Crippen molar-refractivity contribution in [2.75, 3.05) is 11.9 Å². The zero-order valence-corrected chi connectivity index (χ0v) is 26.8. The Morgan fingerprint density at radius 3 is 1.95 bits per heavy atom. The van der Waals surface area contributed by atoms with Crippen LogP contribution in [0.25, 0.3) is 11.1 Å². The first kappa shape index (κ1) is 33.0. The van der Waals surface area contributed by atoms with Crippen molar-refractivity contribution < 1.29 is 9.53 Å². The summed E-state index contributed by atoms with van der Waals surface area (Å²) in [6.07, 6.45) is 12.1. The minimum atomic E-state index is -0.0690. The molecule has 226 valence electrons. The van der Waals surface area contributed by atoms with Crippen LogP contribution < -0.4 is 10.1 Å². The molecule has 0 atom stereocenters. The summed E-state index contributed by atoms with van der Waals surface area (Å²) in [6, 6.07) is 18.6. The predicted octanol–water partition coefficient (Wildman–Crippen LogP) is 11.5. The summed E-state index contributed by atoms with van der Waals surface area (Å²) in [7, 11) is 0. The van der Waals surface area contributed by atoms with E-state index in [4.69, 9.17) is 15.0 Å². The second kappa shape index (κ2) is 17.5. The Morgan fingerprint density at radius 1 is 0.762 bits per heavy atom. The zero-order chi connectivity index (χ0) is 30.3. The number of carbonyl (C=O) groups excluding carboxylic acids is 1. The van der Waals surface area contributed by atoms with Crippen LogP contribution in [0.15, 0.2) is 64.8 Å². The van der Waals surface area contributed by atoms with Gasteiger partial charge in [0.25, 0.3) is 0 Å². The van der Waals surface area contributed by atoms with Crippen molar-refractivity contribution in [2.24, 2.45) is 10.2 Å². The van der Waals surface area contributed by atoms with Crippen molar-refractivity contribution >= 4 is 23.0 Å². The van der Waals surface area contributed by atoms with Gasteiger partial charge in [-0.15, -0.1) is 5.11 Å². The number of nitrogens with one attached hydrogen (secondary N) is 1. The van der Waals surface area contributed by atoms with E-state index in [1.807, 2.05) is 30.3 Å². The van der Waals surface area contributed by atoms with E-state index in [-0.39, 0.29) is 5.91 Å². The number of unbranched alkanes of at least 4 members (excludes halogenated alkanes) is 7. The van der Waals surface area contributed by atoms with Gasteiger partial charge in [0.2, 0.25) is 5.91 Å². The summed E-state index contributed by atoms with van der Waals surface area (Å²) in [4.78, 5) is 11.4. The zero-order valence-electron chi connectivity index (χ0n) is 26.8. The molecule has 3 rings (SSSR count). The van der Waals surface area contributed by atoms with E-state index in [0.29, 0.717) is 5.92 Å². The molecule has 0 saturated carbocycles. The maximum atomic E-state index is 11.4. The highest BCUT2D eigenvalue weighted by molar-refractivity contribution is 5.89. The van der Waals surface area contributed by atoms with Gasteiger partial charge in [0.1, 0.15) is 5.75 Å². The molecule has 0 aromatic heterocycles. The first-order chi connectivity index (χ1) is 20.4. The molecular formula is C37H51N3O2. The molecule has 5 nitrogen and oxygen atoms in total. The lowest BCUT2D eigenvalue weighted by molar-refractivity contribution is -0.114. The second-order valence-electron chi connectivity index (χ2n) is 11.5. The van der Waals surface area contributed by atoms with E-state index >= 15 is 0 Å². The number of rotatable bonds is 17. The fraction of sp³-hybridized carbons (Fsp3) is 0.486. The molecule has 0 bridgehead atoms. The summed E-state index contributed by atoms with van der Waals surface area (Å²) in [6.45, 7) is 13.3. The lowest BCUT2D eigenvalue weighted by Gasteiger charge is -2.15. The van der Waals surface area contributed by atoms with E-state index in [1.165, 1.54) is 68.6 Å². The number of anilines is 1. The minimum Gasteiger partial charge on any atom is -0.493 e. The molecule has 0 aliphatic carbocycles. The molecule has 0 spiro atoms. The maximum absolute atomic E-state index is 11.4. The van der Waals surface area contributed by atoms with Crippen LogP contribution in [-0.2, 0) is 17.6 Å². The average Bonchev–Trinajstić information content (AvgIpc) is 2.99. The van der Waals surface area contributed by atoms with Crippen molar-refractivity contribution in [1.82, 2.24) is 0 Å². The summed E-state index contributed by atoms with van der Waals surface area (Å²) < 4.78 is 6.22. The molecule has 1 N–H and O–H groups in total. The van der Waals surface area contributed by atoms with Crippen molar-refractivity contribution in [3.8, 4) is 16.9 Å². The Labute approximate surface area is 254 Å². The number of hydrogen-bond donors (Lipinski definition) is 1. The normalized spacial score (nSPS) is 11.4. The standard InChI is InChI=1S/C37H51N3O2/c1-7-10-11-12-13-14-15-16-23-42-36-22-21-34(26-35(36)27(4)5)39-40-37-29(8-2)24-32(25-30(37)9-3)31-17-19-33(20-18-31)38-28(6)41/h17-22,24-27H,7-16,23H2,1-6H3,(H,38,41)/b40-39+. The monoisotopic (exact) mass is 569 g/mol. The van der Waals surface area contributed by atoms with Gasteiger partial charge in [0.05, 0.1) is 18.0 Å². The minimum absolute atomic E-state index is 0.0690. The SMILES string of the molecule is CCCCCCCCCCOc1ccc(/N=N/c2c(CC)cc(-c3ccc(NC(C)=O)cc3)cc2CC)cc1C(C)C. The third kappa shape index (κ3) is 10.1. The first-order valence-corrected chi connectivity index (χ1v) is 16.1. The highest BCUT2D eigenvalue weighted by atomic mass is 16.5. The Kier molecular flexibility index (Phi) is 13.7. The van der Waals surface area contributed by atoms with Crippen LogP contribution in [0.5, 0.6) is 5.75 Å². The Bertz CT molecular complexity index is 1270. The van der Waals surface area contributed by atoms with E-state index in [0.717, 1.165) is 59.8 Å². The van der Waals surface area contributed by atoms with Gasteiger partial charge in [-0.3, -0.25) is 4.79 Å². The molecule has 0 aliphatic rings. The van der Waals surface area contributed by atoms with Crippen molar-refractivity contribution in [1.29, 1.82) is 0 Å². The predicted molar refractivity (Wildman–Crippen MR) is 178 cm³/mol. The fourth-order valence-electron chi connectivity index (χ4n) is 5.25. The summed E-state index contributed by atoms with van der Waals surface area (Å²) in [5.74, 6) is 1.23. The number of ether oxygens (including phenoxy) is 1. The molecule has 3 aromatic rings. The van der Waals surface area contributed by atoms with Gasteiger partial charge in [0, 0.05) is 12.6 Å². The number of azo groups is 1. The van der Waals surface area contributed by atoms with Gasteiger partial charge in [-0.25, -0.2) is 0 Å². The fourth-order valence-corrected chi connectivity index (χ4v) is 5.25. The molecule has 3 aromatic carbocycles.